The molecule has 1 aliphatic rings. The van der Waals surface area contributed by atoms with E-state index in [1.807, 2.05) is 18.7 Å². The number of rotatable bonds is 5. The van der Waals surface area contributed by atoms with Crippen LogP contribution in [0.3, 0.4) is 0 Å². The minimum atomic E-state index is 0.102. The van der Waals surface area contributed by atoms with Crippen LogP contribution in [0.15, 0.2) is 12.4 Å². The summed E-state index contributed by atoms with van der Waals surface area (Å²) in [4.78, 5) is 25.2. The fourth-order valence-electron chi connectivity index (χ4n) is 3.05. The number of aryl methyl sites for hydroxylation is 1. The Morgan fingerprint density at radius 1 is 1.38 bits per heavy atom. The Labute approximate surface area is 146 Å². The van der Waals surface area contributed by atoms with Crippen LogP contribution in [0, 0.1) is 0 Å². The van der Waals surface area contributed by atoms with Gasteiger partial charge in [0.1, 0.15) is 17.0 Å². The van der Waals surface area contributed by atoms with Crippen molar-refractivity contribution in [1.29, 1.82) is 0 Å². The molecule has 0 spiro atoms. The van der Waals surface area contributed by atoms with Crippen molar-refractivity contribution in [3.05, 3.63) is 17.3 Å². The van der Waals surface area contributed by atoms with Crippen molar-refractivity contribution in [3.63, 3.8) is 0 Å². The number of carbonyl (C=O) groups is 1. The summed E-state index contributed by atoms with van der Waals surface area (Å²) in [6.07, 6.45) is 3.23. The van der Waals surface area contributed by atoms with Crippen molar-refractivity contribution in [3.8, 4) is 0 Å². The molecule has 2 aromatic rings. The van der Waals surface area contributed by atoms with Gasteiger partial charge in [0.15, 0.2) is 0 Å². The Kier molecular flexibility index (Phi) is 5.30. The molecule has 0 radical (unpaired) electrons. The van der Waals surface area contributed by atoms with Gasteiger partial charge < -0.3 is 15.0 Å². The summed E-state index contributed by atoms with van der Waals surface area (Å²) in [7, 11) is 0. The van der Waals surface area contributed by atoms with E-state index in [0.717, 1.165) is 22.5 Å². The molecule has 6 nitrogen and oxygen atoms in total. The highest BCUT2D eigenvalue weighted by atomic mass is 32.1. The summed E-state index contributed by atoms with van der Waals surface area (Å²) in [5.74, 6) is 0.974. The van der Waals surface area contributed by atoms with Crippen LogP contribution < -0.4 is 5.32 Å². The van der Waals surface area contributed by atoms with Crippen molar-refractivity contribution in [2.45, 2.75) is 45.8 Å². The first-order valence-electron chi connectivity index (χ1n) is 8.47. The highest BCUT2D eigenvalue weighted by Gasteiger charge is 2.25. The first-order chi connectivity index (χ1) is 11.6. The largest absolute Gasteiger partial charge is 0.372 e. The number of amides is 1. The third-order valence-electron chi connectivity index (χ3n) is 4.13. The second-order valence-electron chi connectivity index (χ2n) is 6.24. The average molecular weight is 348 g/mol. The van der Waals surface area contributed by atoms with Gasteiger partial charge in [0.25, 0.3) is 0 Å². The van der Waals surface area contributed by atoms with Gasteiger partial charge in [-0.3, -0.25) is 4.79 Å². The minimum Gasteiger partial charge on any atom is -0.372 e. The molecule has 1 saturated heterocycles. The van der Waals surface area contributed by atoms with E-state index in [9.17, 15) is 4.79 Å². The summed E-state index contributed by atoms with van der Waals surface area (Å²) < 4.78 is 5.68. The topological polar surface area (TPSA) is 67.4 Å². The Morgan fingerprint density at radius 3 is 2.83 bits per heavy atom. The van der Waals surface area contributed by atoms with Crippen LogP contribution in [0.1, 0.15) is 32.1 Å². The number of hydrogen-bond donors (Lipinski definition) is 1. The number of aromatic nitrogens is 2. The smallest absolute Gasteiger partial charge is 0.224 e. The molecule has 0 aromatic carbocycles. The van der Waals surface area contributed by atoms with Crippen LogP contribution >= 0.6 is 11.3 Å². The lowest BCUT2D eigenvalue weighted by Gasteiger charge is -2.35. The predicted octanol–water partition coefficient (Wildman–Crippen LogP) is 2.69. The van der Waals surface area contributed by atoms with Gasteiger partial charge in [0, 0.05) is 30.9 Å². The Balaban J connectivity index is 1.58. The van der Waals surface area contributed by atoms with Crippen LogP contribution in [0.4, 0.5) is 5.82 Å². The van der Waals surface area contributed by atoms with Crippen LogP contribution in [0.5, 0.6) is 0 Å². The molecule has 0 saturated carbocycles. The molecule has 7 heteroatoms. The highest BCUT2D eigenvalue weighted by molar-refractivity contribution is 7.18. The zero-order chi connectivity index (χ0) is 17.1. The zero-order valence-electron chi connectivity index (χ0n) is 14.4. The quantitative estimate of drug-likeness (QED) is 0.900. The van der Waals surface area contributed by atoms with E-state index < -0.39 is 0 Å². The van der Waals surface area contributed by atoms with Crippen molar-refractivity contribution < 1.29 is 9.53 Å². The number of nitrogens with one attached hydrogen (secondary N) is 1. The van der Waals surface area contributed by atoms with E-state index >= 15 is 0 Å². The Bertz CT molecular complexity index is 708. The molecule has 1 aliphatic heterocycles. The predicted molar refractivity (Wildman–Crippen MR) is 96.5 cm³/mol. The fourth-order valence-corrected chi connectivity index (χ4v) is 3.98. The van der Waals surface area contributed by atoms with E-state index in [1.165, 1.54) is 4.88 Å². The number of nitrogens with zero attached hydrogens (tertiary/aromatic N) is 3. The fraction of sp³-hybridized carbons (Fsp3) is 0.588. The van der Waals surface area contributed by atoms with Crippen LogP contribution in [-0.2, 0) is 16.0 Å². The monoisotopic (exact) mass is 348 g/mol. The number of ether oxygens (including phenoxy) is 1. The van der Waals surface area contributed by atoms with Gasteiger partial charge in [-0.05, 0) is 26.3 Å². The van der Waals surface area contributed by atoms with Gasteiger partial charge in [-0.15, -0.1) is 11.3 Å². The summed E-state index contributed by atoms with van der Waals surface area (Å²) in [5.41, 5.74) is 0. The Morgan fingerprint density at radius 2 is 2.12 bits per heavy atom. The normalized spacial score (nSPS) is 21.2. The standard InChI is InChI=1S/C17H24N4O2S/c1-4-13-7-14-16(19-10-20-17(14)24-13)18-6-5-15(22)21-8-11(2)23-12(3)9-21/h7,10-12H,4-6,8-9H2,1-3H3,(H,18,19,20). The molecular formula is C17H24N4O2S. The third kappa shape index (κ3) is 3.84. The van der Waals surface area contributed by atoms with Gasteiger partial charge in [-0.25, -0.2) is 9.97 Å². The lowest BCUT2D eigenvalue weighted by Crippen LogP contribution is -2.48. The van der Waals surface area contributed by atoms with E-state index in [4.69, 9.17) is 4.74 Å². The molecule has 3 heterocycles. The van der Waals surface area contributed by atoms with E-state index in [0.29, 0.717) is 26.1 Å². The molecule has 24 heavy (non-hydrogen) atoms. The lowest BCUT2D eigenvalue weighted by atomic mass is 10.2. The number of carbonyl (C=O) groups excluding carboxylic acids is 1. The molecule has 1 N–H and O–H groups in total. The van der Waals surface area contributed by atoms with E-state index in [-0.39, 0.29) is 18.1 Å². The number of anilines is 1. The third-order valence-corrected chi connectivity index (χ3v) is 5.32. The number of morpholine rings is 1. The molecule has 0 aliphatic carbocycles. The summed E-state index contributed by atoms with van der Waals surface area (Å²) in [6, 6.07) is 2.13. The maximum absolute atomic E-state index is 12.4. The van der Waals surface area contributed by atoms with Gasteiger partial charge in [-0.2, -0.15) is 0 Å². The van der Waals surface area contributed by atoms with Gasteiger partial charge in [0.05, 0.1) is 17.6 Å². The van der Waals surface area contributed by atoms with E-state index in [2.05, 4.69) is 28.3 Å². The summed E-state index contributed by atoms with van der Waals surface area (Å²) in [6.45, 7) is 8.06. The molecule has 3 rings (SSSR count). The SMILES string of the molecule is CCc1cc2c(NCCC(=O)N3CC(C)OC(C)C3)ncnc2s1. The number of thiophene rings is 1. The second-order valence-corrected chi connectivity index (χ2v) is 7.36. The molecule has 1 fully saturated rings. The van der Waals surface area contributed by atoms with Gasteiger partial charge >= 0.3 is 0 Å². The van der Waals surface area contributed by atoms with Gasteiger partial charge in [-0.1, -0.05) is 6.92 Å². The van der Waals surface area contributed by atoms with Crippen molar-refractivity contribution in [2.75, 3.05) is 25.0 Å². The molecular weight excluding hydrogens is 324 g/mol. The highest BCUT2D eigenvalue weighted by Crippen LogP contribution is 2.28. The second kappa shape index (κ2) is 7.44. The number of hydrogen-bond acceptors (Lipinski definition) is 6. The van der Waals surface area contributed by atoms with Crippen molar-refractivity contribution in [2.24, 2.45) is 0 Å². The van der Waals surface area contributed by atoms with Gasteiger partial charge in [0.2, 0.25) is 5.91 Å². The molecule has 2 unspecified atom stereocenters. The average Bonchev–Trinajstić information content (AvgIpc) is 2.98. The summed E-state index contributed by atoms with van der Waals surface area (Å²) in [5, 5.41) is 4.34. The van der Waals surface area contributed by atoms with Crippen molar-refractivity contribution in [1.82, 2.24) is 14.9 Å². The molecule has 0 bridgehead atoms. The first kappa shape index (κ1) is 17.1. The first-order valence-corrected chi connectivity index (χ1v) is 9.29. The van der Waals surface area contributed by atoms with E-state index in [1.54, 1.807) is 17.7 Å². The minimum absolute atomic E-state index is 0.102. The maximum Gasteiger partial charge on any atom is 0.224 e. The molecule has 130 valence electrons. The Hall–Kier alpha value is -1.73. The lowest BCUT2D eigenvalue weighted by molar-refractivity contribution is -0.142. The molecule has 2 aromatic heterocycles. The van der Waals surface area contributed by atoms with Crippen LogP contribution in [0.25, 0.3) is 10.2 Å². The summed E-state index contributed by atoms with van der Waals surface area (Å²) >= 11 is 1.69. The van der Waals surface area contributed by atoms with Crippen LogP contribution in [-0.4, -0.2) is 52.6 Å². The van der Waals surface area contributed by atoms with Crippen LogP contribution in [0.2, 0.25) is 0 Å². The van der Waals surface area contributed by atoms with Crippen molar-refractivity contribution >= 4 is 33.3 Å². The maximum atomic E-state index is 12.4. The zero-order valence-corrected chi connectivity index (χ0v) is 15.2. The molecule has 2 atom stereocenters. The number of fused-ring (bicyclic) bond motifs is 1. The molecule has 1 amide bonds.